The van der Waals surface area contributed by atoms with E-state index in [1.165, 1.54) is 51.3 Å². The number of methoxy groups -OCH3 is 1. The Morgan fingerprint density at radius 2 is 1.30 bits per heavy atom. The van der Waals surface area contributed by atoms with Gasteiger partial charge in [-0.15, -0.1) is 0 Å². The molecule has 7 nitrogen and oxygen atoms in total. The van der Waals surface area contributed by atoms with Crippen molar-refractivity contribution >= 4 is 12.1 Å². The van der Waals surface area contributed by atoms with E-state index in [0.717, 1.165) is 24.3 Å². The van der Waals surface area contributed by atoms with Crippen LogP contribution in [-0.2, 0) is 44.1 Å². The number of hydrogen-bond donors (Lipinski definition) is 1. The molecule has 4 aromatic rings. The molecule has 0 aliphatic heterocycles. The number of hydrogen-bond acceptors (Lipinski definition) is 7. The Kier molecular flexibility index (Phi) is 13.9. The highest BCUT2D eigenvalue weighted by molar-refractivity contribution is 5.79. The third-order valence-corrected chi connectivity index (χ3v) is 8.71. The van der Waals surface area contributed by atoms with Gasteiger partial charge in [-0.2, -0.15) is 39.5 Å². The van der Waals surface area contributed by atoms with Crippen molar-refractivity contribution in [1.29, 1.82) is 0 Å². The van der Waals surface area contributed by atoms with Gasteiger partial charge in [0.05, 0.1) is 30.4 Å². The third kappa shape index (κ3) is 11.2. The van der Waals surface area contributed by atoms with Crippen LogP contribution in [0.5, 0.6) is 5.75 Å². The molecule has 0 heterocycles. The molecule has 0 radical (unpaired) electrons. The van der Waals surface area contributed by atoms with Crippen LogP contribution >= 0.6 is 0 Å². The lowest BCUT2D eigenvalue weighted by Gasteiger charge is -2.28. The van der Waals surface area contributed by atoms with E-state index in [9.17, 15) is 53.5 Å². The van der Waals surface area contributed by atoms with Gasteiger partial charge in [0.1, 0.15) is 17.7 Å². The van der Waals surface area contributed by atoms with Gasteiger partial charge in [0, 0.05) is 29.8 Å². The van der Waals surface area contributed by atoms with Crippen molar-refractivity contribution in [1.82, 2.24) is 5.32 Å². The first-order chi connectivity index (χ1) is 26.5. The lowest BCUT2D eigenvalue weighted by molar-refractivity contribution is -0.155. The number of alkyl halides is 9. The SMILES string of the molecule is CCOC(=O)C(OC(=O)O[C@H](c1cc(C(F)(F)F)cc(C(F)(F)F)c1)[C@H](C)NCc1cc(C(F)(F)F)ccc1-c1cc(C(C)C)c(F)cc1OC)c1ccccc1. The van der Waals surface area contributed by atoms with Gasteiger partial charge in [-0.25, -0.2) is 14.0 Å². The molecule has 0 saturated heterocycles. The number of carbonyl (C=O) groups is 2. The van der Waals surface area contributed by atoms with Gasteiger partial charge >= 0.3 is 30.7 Å². The number of ether oxygens (including phenoxy) is 4. The summed E-state index contributed by atoms with van der Waals surface area (Å²) in [6.45, 7) is 5.29. The maximum Gasteiger partial charge on any atom is 0.510 e. The molecule has 4 rings (SSSR count). The van der Waals surface area contributed by atoms with Gasteiger partial charge < -0.3 is 24.3 Å². The zero-order chi connectivity index (χ0) is 42.5. The van der Waals surface area contributed by atoms with Crippen molar-refractivity contribution in [2.75, 3.05) is 13.7 Å². The van der Waals surface area contributed by atoms with Crippen molar-refractivity contribution in [2.24, 2.45) is 0 Å². The Morgan fingerprint density at radius 1 is 0.702 bits per heavy atom. The molecule has 0 bridgehead atoms. The summed E-state index contributed by atoms with van der Waals surface area (Å²) < 4.78 is 162. The first-order valence-corrected chi connectivity index (χ1v) is 17.2. The second-order valence-electron chi connectivity index (χ2n) is 13.1. The maximum absolute atomic E-state index is 14.9. The smallest absolute Gasteiger partial charge is 0.496 e. The predicted octanol–water partition coefficient (Wildman–Crippen LogP) is 11.4. The van der Waals surface area contributed by atoms with Gasteiger partial charge in [0.25, 0.3) is 0 Å². The van der Waals surface area contributed by atoms with Gasteiger partial charge in [-0.05, 0) is 78.4 Å². The van der Waals surface area contributed by atoms with Crippen LogP contribution in [0.3, 0.4) is 0 Å². The van der Waals surface area contributed by atoms with E-state index in [0.29, 0.717) is 12.1 Å². The molecular weight excluding hydrogens is 780 g/mol. The summed E-state index contributed by atoms with van der Waals surface area (Å²) >= 11 is 0. The quantitative estimate of drug-likeness (QED) is 0.106. The van der Waals surface area contributed by atoms with Crippen LogP contribution < -0.4 is 10.1 Å². The highest BCUT2D eigenvalue weighted by Gasteiger charge is 2.39. The standard InChI is InChI=1S/C40H37F10NO6/c1-6-55-36(52)35(23-10-8-7-9-11-23)57-37(53)56-34(24-14-27(39(45,46)47)17-28(15-24)40(48,49)50)22(4)51-20-25-16-26(38(42,43)44)12-13-29(25)31-18-30(21(2)3)32(41)19-33(31)54-5/h7-19,21-22,34-35,51H,6,20H2,1-5H3/t22-,34-,35?/m0/s1. The van der Waals surface area contributed by atoms with Gasteiger partial charge in [0.2, 0.25) is 6.10 Å². The minimum Gasteiger partial charge on any atom is -0.496 e. The molecular formula is C40H37F10NO6. The van der Waals surface area contributed by atoms with E-state index in [1.807, 2.05) is 0 Å². The number of esters is 1. The van der Waals surface area contributed by atoms with E-state index in [1.54, 1.807) is 19.9 Å². The molecule has 308 valence electrons. The second kappa shape index (κ2) is 17.9. The predicted molar refractivity (Wildman–Crippen MR) is 186 cm³/mol. The van der Waals surface area contributed by atoms with Crippen LogP contribution in [0.15, 0.2) is 78.9 Å². The molecule has 3 atom stereocenters. The maximum atomic E-state index is 14.9. The number of nitrogens with one attached hydrogen (secondary N) is 1. The third-order valence-electron chi connectivity index (χ3n) is 8.71. The second-order valence-corrected chi connectivity index (χ2v) is 13.1. The number of rotatable bonds is 13. The van der Waals surface area contributed by atoms with Crippen molar-refractivity contribution in [3.63, 3.8) is 0 Å². The molecule has 0 saturated carbocycles. The van der Waals surface area contributed by atoms with E-state index in [-0.39, 0.29) is 52.2 Å². The Bertz CT molecular complexity index is 2000. The van der Waals surface area contributed by atoms with Crippen LogP contribution in [-0.4, -0.2) is 31.9 Å². The summed E-state index contributed by atoms with van der Waals surface area (Å²) in [5, 5.41) is 2.75. The Labute approximate surface area is 320 Å². The molecule has 57 heavy (non-hydrogen) atoms. The zero-order valence-corrected chi connectivity index (χ0v) is 31.0. The molecule has 17 heteroatoms. The highest BCUT2D eigenvalue weighted by Crippen LogP contribution is 2.41. The van der Waals surface area contributed by atoms with E-state index in [4.69, 9.17) is 18.9 Å². The minimum absolute atomic E-state index is 0.0480. The fourth-order valence-electron chi connectivity index (χ4n) is 5.88. The molecule has 1 N–H and O–H groups in total. The molecule has 0 spiro atoms. The summed E-state index contributed by atoms with van der Waals surface area (Å²) in [5.74, 6) is -2.14. The molecule has 0 amide bonds. The number of carbonyl (C=O) groups excluding carboxylic acids is 2. The van der Waals surface area contributed by atoms with Crippen LogP contribution in [0.25, 0.3) is 11.1 Å². The fourth-order valence-corrected chi connectivity index (χ4v) is 5.88. The molecule has 0 aromatic heterocycles. The zero-order valence-electron chi connectivity index (χ0n) is 31.0. The Hall–Kier alpha value is -5.32. The molecule has 0 aliphatic rings. The highest BCUT2D eigenvalue weighted by atomic mass is 19.4. The van der Waals surface area contributed by atoms with E-state index >= 15 is 0 Å². The van der Waals surface area contributed by atoms with Gasteiger partial charge in [0.15, 0.2) is 0 Å². The summed E-state index contributed by atoms with van der Waals surface area (Å²) in [7, 11) is 1.22. The summed E-state index contributed by atoms with van der Waals surface area (Å²) in [6, 6.07) is 11.4. The molecule has 4 aromatic carbocycles. The topological polar surface area (TPSA) is 83.1 Å². The van der Waals surface area contributed by atoms with Gasteiger partial charge in [-0.1, -0.05) is 50.2 Å². The van der Waals surface area contributed by atoms with Crippen molar-refractivity contribution < 1.29 is 72.4 Å². The lowest BCUT2D eigenvalue weighted by atomic mass is 9.92. The first-order valence-electron chi connectivity index (χ1n) is 17.2. The Morgan fingerprint density at radius 3 is 1.82 bits per heavy atom. The van der Waals surface area contributed by atoms with Crippen LogP contribution in [0.4, 0.5) is 48.7 Å². The molecule has 0 aliphatic carbocycles. The lowest BCUT2D eigenvalue weighted by Crippen LogP contribution is -2.35. The van der Waals surface area contributed by atoms with E-state index < -0.39 is 83.5 Å². The summed E-state index contributed by atoms with van der Waals surface area (Å²) in [6.07, 6.45) is -21.0. The fraction of sp³-hybridized carbons (Fsp3) is 0.350. The van der Waals surface area contributed by atoms with Crippen LogP contribution in [0.1, 0.15) is 84.8 Å². The van der Waals surface area contributed by atoms with Crippen LogP contribution in [0, 0.1) is 5.82 Å². The van der Waals surface area contributed by atoms with Crippen molar-refractivity contribution in [3.05, 3.63) is 124 Å². The number of halogens is 10. The monoisotopic (exact) mass is 817 g/mol. The van der Waals surface area contributed by atoms with E-state index in [2.05, 4.69) is 5.32 Å². The largest absolute Gasteiger partial charge is 0.510 e. The summed E-state index contributed by atoms with van der Waals surface area (Å²) in [4.78, 5) is 26.1. The number of benzene rings is 4. The first kappa shape index (κ1) is 44.4. The Balaban J connectivity index is 1.82. The minimum atomic E-state index is -5.31. The summed E-state index contributed by atoms with van der Waals surface area (Å²) in [5.41, 5.74) is -4.98. The molecule has 0 fully saturated rings. The van der Waals surface area contributed by atoms with Crippen LogP contribution in [0.2, 0.25) is 0 Å². The average Bonchev–Trinajstić information content (AvgIpc) is 3.13. The van der Waals surface area contributed by atoms with Crippen molar-refractivity contribution in [2.45, 2.75) is 76.9 Å². The normalized spacial score (nSPS) is 13.8. The van der Waals surface area contributed by atoms with Gasteiger partial charge in [-0.3, -0.25) is 0 Å². The molecule has 1 unspecified atom stereocenters. The average molecular weight is 818 g/mol. The van der Waals surface area contributed by atoms with Crippen molar-refractivity contribution in [3.8, 4) is 16.9 Å².